The van der Waals surface area contributed by atoms with Crippen molar-refractivity contribution in [2.45, 2.75) is 39.8 Å². The van der Waals surface area contributed by atoms with Gasteiger partial charge in [0.05, 0.1) is 11.9 Å². The number of nitrogens with one attached hydrogen (secondary N) is 1. The molecule has 1 unspecified atom stereocenters. The molecule has 45 heavy (non-hydrogen) atoms. The first kappa shape index (κ1) is 33.3. The van der Waals surface area contributed by atoms with Crippen LogP contribution in [0.15, 0.2) is 109 Å². The van der Waals surface area contributed by atoms with E-state index in [-0.39, 0.29) is 24.8 Å². The molecule has 0 bridgehead atoms. The normalized spacial score (nSPS) is 11.9. The molecule has 0 aromatic heterocycles. The Morgan fingerprint density at radius 3 is 1.98 bits per heavy atom. The Labute approximate surface area is 266 Å². The van der Waals surface area contributed by atoms with E-state index in [0.717, 1.165) is 27.3 Å². The molecule has 236 valence electrons. The van der Waals surface area contributed by atoms with Gasteiger partial charge in [-0.1, -0.05) is 86.6 Å². The number of benzene rings is 4. The second kappa shape index (κ2) is 15.4. The van der Waals surface area contributed by atoms with E-state index >= 15 is 0 Å². The lowest BCUT2D eigenvalue weighted by Crippen LogP contribution is -2.53. The highest BCUT2D eigenvalue weighted by Gasteiger charge is 2.33. The van der Waals surface area contributed by atoms with Crippen molar-refractivity contribution in [1.29, 1.82) is 0 Å². The van der Waals surface area contributed by atoms with Crippen molar-refractivity contribution >= 4 is 27.5 Å². The van der Waals surface area contributed by atoms with Crippen LogP contribution >= 0.6 is 0 Å². The van der Waals surface area contributed by atoms with E-state index in [4.69, 9.17) is 4.74 Å². The monoisotopic (exact) mass is 627 g/mol. The fourth-order valence-electron chi connectivity index (χ4n) is 4.87. The zero-order chi connectivity index (χ0) is 32.4. The number of ether oxygens (including phenoxy) is 1. The highest BCUT2D eigenvalue weighted by Crippen LogP contribution is 2.26. The molecule has 1 N–H and O–H groups in total. The minimum absolute atomic E-state index is 0.138. The van der Waals surface area contributed by atoms with E-state index in [9.17, 15) is 18.0 Å². The topological polar surface area (TPSA) is 96.0 Å². The van der Waals surface area contributed by atoms with Gasteiger partial charge in [0.1, 0.15) is 24.1 Å². The van der Waals surface area contributed by atoms with Gasteiger partial charge in [0.15, 0.2) is 0 Å². The van der Waals surface area contributed by atoms with Gasteiger partial charge in [0, 0.05) is 19.5 Å². The van der Waals surface area contributed by atoms with E-state index in [1.807, 2.05) is 106 Å². The van der Waals surface area contributed by atoms with Gasteiger partial charge >= 0.3 is 0 Å². The Morgan fingerprint density at radius 1 is 0.800 bits per heavy atom. The summed E-state index contributed by atoms with van der Waals surface area (Å²) in [5, 5.41) is 3.00. The number of sulfonamides is 1. The predicted octanol–water partition coefficient (Wildman–Crippen LogP) is 5.97. The van der Waals surface area contributed by atoms with Gasteiger partial charge in [0.2, 0.25) is 21.8 Å². The molecule has 4 rings (SSSR count). The van der Waals surface area contributed by atoms with Crippen LogP contribution in [0.4, 0.5) is 5.69 Å². The first-order valence-corrected chi connectivity index (χ1v) is 16.8. The lowest BCUT2D eigenvalue weighted by atomic mass is 10.0. The van der Waals surface area contributed by atoms with E-state index in [0.29, 0.717) is 23.7 Å². The third-order valence-corrected chi connectivity index (χ3v) is 8.48. The Hall–Kier alpha value is -4.63. The van der Waals surface area contributed by atoms with Crippen LogP contribution in [-0.4, -0.2) is 50.5 Å². The molecule has 9 heteroatoms. The average molecular weight is 628 g/mol. The van der Waals surface area contributed by atoms with Crippen LogP contribution in [-0.2, 0) is 32.6 Å². The molecule has 0 radical (unpaired) electrons. The number of hydrogen-bond donors (Lipinski definition) is 1. The Morgan fingerprint density at radius 2 is 1.38 bits per heavy atom. The molecule has 0 saturated carbocycles. The summed E-state index contributed by atoms with van der Waals surface area (Å²) in [7, 11) is -3.88. The first-order valence-electron chi connectivity index (χ1n) is 15.0. The van der Waals surface area contributed by atoms with E-state index < -0.39 is 28.5 Å². The van der Waals surface area contributed by atoms with E-state index in [1.54, 1.807) is 24.3 Å². The largest absolute Gasteiger partial charge is 0.457 e. The molecule has 0 heterocycles. The van der Waals surface area contributed by atoms with Crippen molar-refractivity contribution in [2.75, 3.05) is 23.7 Å². The molecule has 0 aliphatic carbocycles. The number of nitrogens with zero attached hydrogens (tertiary/aromatic N) is 2. The molecule has 0 aliphatic heterocycles. The molecule has 0 fully saturated rings. The maximum absolute atomic E-state index is 14.3. The third kappa shape index (κ3) is 9.68. The first-order chi connectivity index (χ1) is 21.5. The van der Waals surface area contributed by atoms with E-state index in [2.05, 4.69) is 5.32 Å². The second-order valence-corrected chi connectivity index (χ2v) is 13.4. The average Bonchev–Trinajstić information content (AvgIpc) is 3.02. The lowest BCUT2D eigenvalue weighted by molar-refractivity contribution is -0.140. The van der Waals surface area contributed by atoms with Crippen molar-refractivity contribution in [3.8, 4) is 11.5 Å². The maximum Gasteiger partial charge on any atom is 0.244 e. The highest BCUT2D eigenvalue weighted by molar-refractivity contribution is 7.92. The van der Waals surface area contributed by atoms with Crippen LogP contribution in [0.3, 0.4) is 0 Å². The van der Waals surface area contributed by atoms with Crippen LogP contribution in [0.5, 0.6) is 11.5 Å². The number of hydrogen-bond acceptors (Lipinski definition) is 5. The van der Waals surface area contributed by atoms with Gasteiger partial charge < -0.3 is 15.0 Å². The number of aryl methyl sites for hydroxylation is 1. The van der Waals surface area contributed by atoms with E-state index in [1.165, 1.54) is 4.90 Å². The number of rotatable bonds is 14. The third-order valence-electron chi connectivity index (χ3n) is 7.34. The number of carbonyl (C=O) groups excluding carboxylic acids is 2. The zero-order valence-corrected chi connectivity index (χ0v) is 27.0. The molecule has 1 atom stereocenters. The molecule has 0 spiro atoms. The lowest BCUT2D eigenvalue weighted by Gasteiger charge is -2.34. The Kier molecular flexibility index (Phi) is 11.4. The molecule has 0 saturated heterocycles. The molecule has 2 amide bonds. The molecule has 8 nitrogen and oxygen atoms in total. The van der Waals surface area contributed by atoms with Crippen LogP contribution in [0.1, 0.15) is 30.5 Å². The van der Waals surface area contributed by atoms with Gasteiger partial charge in [-0.25, -0.2) is 8.42 Å². The standard InChI is InChI=1S/C36H41N3O5S/c1-27(2)24-37-36(41)34(23-29-14-7-5-8-15-29)38(25-30-16-12-11-13-28(30)3)35(40)26-39(45(4,42)43)31-19-21-33(22-20-31)44-32-17-9-6-10-18-32/h5-22,27,34H,23-26H2,1-4H3,(H,37,41). The van der Waals surface area contributed by atoms with Gasteiger partial charge in [-0.2, -0.15) is 0 Å². The number of amides is 2. The minimum Gasteiger partial charge on any atom is -0.457 e. The van der Waals surface area contributed by atoms with Crippen LogP contribution in [0.2, 0.25) is 0 Å². The number of anilines is 1. The zero-order valence-electron chi connectivity index (χ0n) is 26.2. The van der Waals surface area contributed by atoms with Crippen LogP contribution < -0.4 is 14.4 Å². The predicted molar refractivity (Wildman–Crippen MR) is 179 cm³/mol. The summed E-state index contributed by atoms with van der Waals surface area (Å²) in [6.45, 7) is 6.06. The molecular formula is C36H41N3O5S. The minimum atomic E-state index is -3.88. The van der Waals surface area contributed by atoms with Crippen molar-refractivity contribution < 1.29 is 22.7 Å². The van der Waals surface area contributed by atoms with Crippen molar-refractivity contribution in [1.82, 2.24) is 10.2 Å². The molecular weight excluding hydrogens is 586 g/mol. The Balaban J connectivity index is 1.68. The van der Waals surface area contributed by atoms with Gasteiger partial charge in [0.25, 0.3) is 0 Å². The molecule has 0 aliphatic rings. The highest BCUT2D eigenvalue weighted by atomic mass is 32.2. The summed E-state index contributed by atoms with van der Waals surface area (Å²) in [5.41, 5.74) is 3.03. The summed E-state index contributed by atoms with van der Waals surface area (Å²) in [6.07, 6.45) is 1.34. The SMILES string of the molecule is Cc1ccccc1CN(C(=O)CN(c1ccc(Oc2ccccc2)cc1)S(C)(=O)=O)C(Cc1ccccc1)C(=O)NCC(C)C. The summed E-state index contributed by atoms with van der Waals surface area (Å²) in [4.78, 5) is 29.6. The summed E-state index contributed by atoms with van der Waals surface area (Å²) >= 11 is 0. The number of carbonyl (C=O) groups is 2. The molecule has 4 aromatic carbocycles. The molecule has 4 aromatic rings. The summed E-state index contributed by atoms with van der Waals surface area (Å²) in [6, 6.07) is 32.1. The maximum atomic E-state index is 14.3. The van der Waals surface area contributed by atoms with Crippen LogP contribution in [0, 0.1) is 12.8 Å². The van der Waals surface area contributed by atoms with Gasteiger partial charge in [-0.3, -0.25) is 13.9 Å². The van der Waals surface area contributed by atoms with Gasteiger partial charge in [-0.05, 0) is 65.9 Å². The van der Waals surface area contributed by atoms with Crippen LogP contribution in [0.25, 0.3) is 0 Å². The van der Waals surface area contributed by atoms with Gasteiger partial charge in [-0.15, -0.1) is 0 Å². The van der Waals surface area contributed by atoms with Crippen molar-refractivity contribution in [3.05, 3.63) is 126 Å². The van der Waals surface area contributed by atoms with Crippen molar-refractivity contribution in [2.24, 2.45) is 5.92 Å². The Bertz CT molecular complexity index is 1660. The number of para-hydroxylation sites is 1. The van der Waals surface area contributed by atoms with Crippen molar-refractivity contribution in [3.63, 3.8) is 0 Å². The quantitative estimate of drug-likeness (QED) is 0.186. The fourth-order valence-corrected chi connectivity index (χ4v) is 5.72. The fraction of sp³-hybridized carbons (Fsp3) is 0.278. The summed E-state index contributed by atoms with van der Waals surface area (Å²) < 4.78 is 33.1. The summed E-state index contributed by atoms with van der Waals surface area (Å²) in [5.74, 6) is 0.598. The second-order valence-electron chi connectivity index (χ2n) is 11.5. The smallest absolute Gasteiger partial charge is 0.244 e.